The van der Waals surface area contributed by atoms with E-state index < -0.39 is 17.5 Å². The number of aryl methyl sites for hydroxylation is 1. The van der Waals surface area contributed by atoms with E-state index in [1.54, 1.807) is 0 Å². The Morgan fingerprint density at radius 1 is 1.53 bits per heavy atom. The number of halogens is 4. The molecule has 3 nitrogen and oxygen atoms in total. The predicted molar refractivity (Wildman–Crippen MR) is 51.1 cm³/mol. The summed E-state index contributed by atoms with van der Waals surface area (Å²) in [6, 6.07) is 0. The van der Waals surface area contributed by atoms with Crippen LogP contribution in [0.15, 0.2) is 11.0 Å². The summed E-state index contributed by atoms with van der Waals surface area (Å²) in [5.74, 6) is -0.709. The van der Waals surface area contributed by atoms with Gasteiger partial charge in [0.25, 0.3) is 0 Å². The van der Waals surface area contributed by atoms with E-state index in [1.165, 1.54) is 13.1 Å². The number of nitrogens with one attached hydrogen (secondary N) is 1. The van der Waals surface area contributed by atoms with E-state index in [4.69, 9.17) is 0 Å². The Morgan fingerprint density at radius 3 is 2.60 bits per heavy atom. The highest BCUT2D eigenvalue weighted by atomic mass is 79.9. The van der Waals surface area contributed by atoms with Gasteiger partial charge in [-0.3, -0.25) is 4.79 Å². The van der Waals surface area contributed by atoms with Crippen molar-refractivity contribution in [2.45, 2.75) is 18.6 Å². The van der Waals surface area contributed by atoms with Gasteiger partial charge >= 0.3 is 6.36 Å². The third-order valence-corrected chi connectivity index (χ3v) is 2.21. The number of pyridine rings is 1. The van der Waals surface area contributed by atoms with Gasteiger partial charge in [-0.05, 0) is 6.92 Å². The zero-order valence-corrected chi connectivity index (χ0v) is 9.20. The molecule has 1 N–H and O–H groups in total. The van der Waals surface area contributed by atoms with Crippen molar-refractivity contribution in [1.29, 1.82) is 0 Å². The molecule has 7 heteroatoms. The second-order valence-corrected chi connectivity index (χ2v) is 3.35. The highest BCUT2D eigenvalue weighted by molar-refractivity contribution is 9.08. The van der Waals surface area contributed by atoms with E-state index in [1.807, 2.05) is 0 Å². The summed E-state index contributed by atoms with van der Waals surface area (Å²) in [6.07, 6.45) is -3.53. The molecule has 0 spiro atoms. The molecular formula is C8H7BrF3NO2. The Balaban J connectivity index is 3.25. The van der Waals surface area contributed by atoms with E-state index in [0.29, 0.717) is 0 Å². The van der Waals surface area contributed by atoms with Gasteiger partial charge in [0.2, 0.25) is 5.43 Å². The van der Waals surface area contributed by atoms with Crippen molar-refractivity contribution >= 4 is 15.9 Å². The summed E-state index contributed by atoms with van der Waals surface area (Å²) < 4.78 is 39.6. The van der Waals surface area contributed by atoms with Crippen LogP contribution in [0.5, 0.6) is 5.75 Å². The van der Waals surface area contributed by atoms with Gasteiger partial charge in [0.15, 0.2) is 5.75 Å². The van der Waals surface area contributed by atoms with Gasteiger partial charge in [0.1, 0.15) is 0 Å². The summed E-state index contributed by atoms with van der Waals surface area (Å²) in [4.78, 5) is 13.9. The fourth-order valence-corrected chi connectivity index (χ4v) is 1.38. The molecule has 0 aromatic carbocycles. The first-order valence-corrected chi connectivity index (χ1v) is 5.00. The minimum absolute atomic E-state index is 0.0583. The van der Waals surface area contributed by atoms with Crippen molar-refractivity contribution in [3.63, 3.8) is 0 Å². The summed E-state index contributed by atoms with van der Waals surface area (Å²) >= 11 is 2.96. The lowest BCUT2D eigenvalue weighted by Gasteiger charge is -2.11. The van der Waals surface area contributed by atoms with Crippen LogP contribution in [0.4, 0.5) is 13.2 Å². The van der Waals surface area contributed by atoms with Crippen LogP contribution in [0, 0.1) is 6.92 Å². The molecule has 0 atom stereocenters. The number of H-pyrrole nitrogens is 1. The van der Waals surface area contributed by atoms with E-state index in [9.17, 15) is 18.0 Å². The predicted octanol–water partition coefficient (Wildman–Crippen LogP) is 2.48. The Bertz CT molecular complexity index is 413. The quantitative estimate of drug-likeness (QED) is 0.849. The fourth-order valence-electron chi connectivity index (χ4n) is 0.966. The van der Waals surface area contributed by atoms with Crippen LogP contribution in [0.1, 0.15) is 11.3 Å². The number of aromatic nitrogens is 1. The lowest BCUT2D eigenvalue weighted by Crippen LogP contribution is -2.24. The molecular weight excluding hydrogens is 279 g/mol. The monoisotopic (exact) mass is 285 g/mol. The lowest BCUT2D eigenvalue weighted by atomic mass is 10.2. The molecule has 0 aliphatic carbocycles. The summed E-state index contributed by atoms with van der Waals surface area (Å²) in [7, 11) is 0. The van der Waals surface area contributed by atoms with Crippen LogP contribution < -0.4 is 10.2 Å². The summed E-state index contributed by atoms with van der Waals surface area (Å²) in [5.41, 5.74) is -0.539. The normalized spacial score (nSPS) is 11.5. The zero-order valence-electron chi connectivity index (χ0n) is 7.61. The maximum atomic E-state index is 12.0. The molecule has 0 bridgehead atoms. The standard InChI is InChI=1S/C8H7BrF3NO2/c1-4-3-13-5(2-9)7(6(4)14)15-8(10,11)12/h3H,2H2,1H3,(H,13,14). The number of alkyl halides is 4. The average molecular weight is 286 g/mol. The van der Waals surface area contributed by atoms with Gasteiger partial charge in [-0.15, -0.1) is 13.2 Å². The molecule has 0 amide bonds. The average Bonchev–Trinajstić information content (AvgIpc) is 2.11. The van der Waals surface area contributed by atoms with Gasteiger partial charge in [-0.1, -0.05) is 15.9 Å². The van der Waals surface area contributed by atoms with Crippen molar-refractivity contribution < 1.29 is 17.9 Å². The molecule has 84 valence electrons. The number of aromatic amines is 1. The highest BCUT2D eigenvalue weighted by Crippen LogP contribution is 2.23. The molecule has 0 aliphatic heterocycles. The number of rotatable bonds is 2. The van der Waals surface area contributed by atoms with Crippen LogP contribution in [-0.4, -0.2) is 11.3 Å². The summed E-state index contributed by atoms with van der Waals surface area (Å²) in [6.45, 7) is 1.40. The third-order valence-electron chi connectivity index (χ3n) is 1.65. The van der Waals surface area contributed by atoms with Crippen LogP contribution in [0.2, 0.25) is 0 Å². The molecule has 0 radical (unpaired) electrons. The topological polar surface area (TPSA) is 42.1 Å². The van der Waals surface area contributed by atoms with Crippen LogP contribution in [0.3, 0.4) is 0 Å². The van der Waals surface area contributed by atoms with E-state index in [0.717, 1.165) is 0 Å². The molecule has 15 heavy (non-hydrogen) atoms. The molecule has 1 aromatic heterocycles. The molecule has 1 aromatic rings. The molecule has 0 saturated heterocycles. The first-order valence-electron chi connectivity index (χ1n) is 3.88. The lowest BCUT2D eigenvalue weighted by molar-refractivity contribution is -0.275. The van der Waals surface area contributed by atoms with Crippen molar-refractivity contribution in [1.82, 2.24) is 4.98 Å². The molecule has 0 saturated carbocycles. The summed E-state index contributed by atoms with van der Waals surface area (Å²) in [5, 5.41) is 0.0773. The second-order valence-electron chi connectivity index (χ2n) is 2.79. The van der Waals surface area contributed by atoms with Crippen LogP contribution >= 0.6 is 15.9 Å². The van der Waals surface area contributed by atoms with E-state index in [-0.39, 0.29) is 16.6 Å². The largest absolute Gasteiger partial charge is 0.573 e. The van der Waals surface area contributed by atoms with Gasteiger partial charge in [-0.2, -0.15) is 0 Å². The van der Waals surface area contributed by atoms with E-state index in [2.05, 4.69) is 25.7 Å². The Morgan fingerprint density at radius 2 is 2.13 bits per heavy atom. The molecule has 0 aliphatic rings. The van der Waals surface area contributed by atoms with Crippen molar-refractivity contribution in [3.05, 3.63) is 27.7 Å². The van der Waals surface area contributed by atoms with Crippen LogP contribution in [-0.2, 0) is 5.33 Å². The number of ether oxygens (including phenoxy) is 1. The Kier molecular flexibility index (Phi) is 3.43. The maximum Gasteiger partial charge on any atom is 0.573 e. The Hall–Kier alpha value is -0.980. The highest BCUT2D eigenvalue weighted by Gasteiger charge is 2.33. The number of hydrogen-bond donors (Lipinski definition) is 1. The van der Waals surface area contributed by atoms with E-state index >= 15 is 0 Å². The first kappa shape index (κ1) is 12.1. The van der Waals surface area contributed by atoms with Gasteiger partial charge in [-0.25, -0.2) is 0 Å². The van der Waals surface area contributed by atoms with Crippen molar-refractivity contribution in [3.8, 4) is 5.75 Å². The van der Waals surface area contributed by atoms with Crippen LogP contribution in [0.25, 0.3) is 0 Å². The van der Waals surface area contributed by atoms with Crippen molar-refractivity contribution in [2.75, 3.05) is 0 Å². The number of hydrogen-bond acceptors (Lipinski definition) is 2. The van der Waals surface area contributed by atoms with Crippen molar-refractivity contribution in [2.24, 2.45) is 0 Å². The zero-order chi connectivity index (χ0) is 11.6. The second kappa shape index (κ2) is 4.26. The molecule has 0 fully saturated rings. The fraction of sp³-hybridized carbons (Fsp3) is 0.375. The van der Waals surface area contributed by atoms with Gasteiger partial charge in [0, 0.05) is 17.1 Å². The van der Waals surface area contributed by atoms with Gasteiger partial charge < -0.3 is 9.72 Å². The molecule has 1 heterocycles. The molecule has 0 unspecified atom stereocenters. The molecule has 1 rings (SSSR count). The van der Waals surface area contributed by atoms with Gasteiger partial charge in [0.05, 0.1) is 5.69 Å². The minimum Gasteiger partial charge on any atom is -0.400 e. The SMILES string of the molecule is Cc1c[nH]c(CBr)c(OC(F)(F)F)c1=O. The maximum absolute atomic E-state index is 12.0. The first-order chi connectivity index (χ1) is 6.85. The third kappa shape index (κ3) is 2.98. The smallest absolute Gasteiger partial charge is 0.400 e. The minimum atomic E-state index is -4.86. The Labute approximate surface area is 91.4 Å².